The van der Waals surface area contributed by atoms with E-state index < -0.39 is 18.4 Å². The zero-order valence-electron chi connectivity index (χ0n) is 11.5. The zero-order valence-corrected chi connectivity index (χ0v) is 11.5. The molecule has 6 heteroatoms. The zero-order chi connectivity index (χ0) is 14.6. The SMILES string of the molecule is C=C1C/C=N\N(C2CCCCO2)C(C(F)(F)F)CCC1. The van der Waals surface area contributed by atoms with Crippen LogP contribution in [0.4, 0.5) is 13.2 Å². The summed E-state index contributed by atoms with van der Waals surface area (Å²) in [6, 6.07) is -1.56. The highest BCUT2D eigenvalue weighted by Crippen LogP contribution is 2.33. The molecule has 0 spiro atoms. The van der Waals surface area contributed by atoms with E-state index in [9.17, 15) is 13.2 Å². The van der Waals surface area contributed by atoms with Gasteiger partial charge in [0.2, 0.25) is 0 Å². The van der Waals surface area contributed by atoms with Crippen LogP contribution in [-0.2, 0) is 4.74 Å². The van der Waals surface area contributed by atoms with E-state index >= 15 is 0 Å². The fourth-order valence-corrected chi connectivity index (χ4v) is 2.65. The highest BCUT2D eigenvalue weighted by Gasteiger charge is 2.46. The number of hydrogen-bond acceptors (Lipinski definition) is 3. The Labute approximate surface area is 117 Å². The van der Waals surface area contributed by atoms with Gasteiger partial charge >= 0.3 is 6.18 Å². The molecule has 3 nitrogen and oxygen atoms in total. The highest BCUT2D eigenvalue weighted by molar-refractivity contribution is 5.60. The molecule has 2 aliphatic rings. The second kappa shape index (κ2) is 6.61. The number of alkyl halides is 3. The van der Waals surface area contributed by atoms with Crippen LogP contribution < -0.4 is 0 Å². The van der Waals surface area contributed by atoms with E-state index in [-0.39, 0.29) is 6.42 Å². The van der Waals surface area contributed by atoms with Crippen molar-refractivity contribution < 1.29 is 17.9 Å². The smallest absolute Gasteiger partial charge is 0.357 e. The Balaban J connectivity index is 2.19. The predicted octanol–water partition coefficient (Wildman–Crippen LogP) is 3.86. The fourth-order valence-electron chi connectivity index (χ4n) is 2.65. The van der Waals surface area contributed by atoms with Gasteiger partial charge in [-0.3, -0.25) is 5.01 Å². The van der Waals surface area contributed by atoms with Gasteiger partial charge in [-0.1, -0.05) is 12.2 Å². The molecule has 2 rings (SSSR count). The molecule has 0 aromatic heterocycles. The molecule has 114 valence electrons. The van der Waals surface area contributed by atoms with Crippen LogP contribution in [0.1, 0.15) is 44.9 Å². The van der Waals surface area contributed by atoms with Gasteiger partial charge in [-0.2, -0.15) is 18.3 Å². The molecule has 20 heavy (non-hydrogen) atoms. The van der Waals surface area contributed by atoms with Crippen LogP contribution in [-0.4, -0.2) is 36.3 Å². The van der Waals surface area contributed by atoms with E-state index in [1.165, 1.54) is 6.21 Å². The van der Waals surface area contributed by atoms with E-state index in [2.05, 4.69) is 11.7 Å². The van der Waals surface area contributed by atoms with E-state index in [0.717, 1.165) is 23.4 Å². The Bertz CT molecular complexity index is 362. The van der Waals surface area contributed by atoms with Crippen LogP contribution in [0.5, 0.6) is 0 Å². The van der Waals surface area contributed by atoms with Gasteiger partial charge in [0.05, 0.1) is 0 Å². The van der Waals surface area contributed by atoms with Crippen molar-refractivity contribution in [3.8, 4) is 0 Å². The standard InChI is InChI=1S/C14H21F3N2O/c1-11-5-4-6-12(14(15,16)17)19(18-9-8-11)13-7-2-3-10-20-13/h9,12-13H,1-8,10H2/b18-9-. The summed E-state index contributed by atoms with van der Waals surface area (Å²) in [5.41, 5.74) is 0.932. The average molecular weight is 290 g/mol. The number of hydrazone groups is 1. The molecule has 1 fully saturated rings. The maximum atomic E-state index is 13.3. The Morgan fingerprint density at radius 3 is 2.70 bits per heavy atom. The maximum Gasteiger partial charge on any atom is 0.410 e. The van der Waals surface area contributed by atoms with Crippen LogP contribution in [0.3, 0.4) is 0 Å². The highest BCUT2D eigenvalue weighted by atomic mass is 19.4. The minimum atomic E-state index is -4.29. The Morgan fingerprint density at radius 2 is 2.05 bits per heavy atom. The minimum Gasteiger partial charge on any atom is -0.357 e. The molecule has 0 aromatic rings. The van der Waals surface area contributed by atoms with Gasteiger partial charge in [-0.15, -0.1) is 0 Å². The second-order valence-electron chi connectivity index (χ2n) is 5.40. The molecule has 2 atom stereocenters. The average Bonchev–Trinajstić information content (AvgIpc) is 2.49. The van der Waals surface area contributed by atoms with Crippen molar-refractivity contribution >= 4 is 6.21 Å². The summed E-state index contributed by atoms with van der Waals surface area (Å²) in [6.07, 6.45) is 0.758. The number of rotatable bonds is 1. The first-order valence-corrected chi connectivity index (χ1v) is 7.14. The summed E-state index contributed by atoms with van der Waals surface area (Å²) < 4.78 is 45.4. The Hall–Kier alpha value is -1.04. The van der Waals surface area contributed by atoms with Crippen molar-refractivity contribution in [2.24, 2.45) is 5.10 Å². The van der Waals surface area contributed by atoms with Crippen molar-refractivity contribution in [2.75, 3.05) is 6.61 Å². The number of halogens is 3. The summed E-state index contributed by atoms with van der Waals surface area (Å²) in [7, 11) is 0. The summed E-state index contributed by atoms with van der Waals surface area (Å²) in [5.74, 6) is 0. The quantitative estimate of drug-likeness (QED) is 0.685. The van der Waals surface area contributed by atoms with Gasteiger partial charge in [0.15, 0.2) is 0 Å². The van der Waals surface area contributed by atoms with E-state index in [0.29, 0.717) is 32.3 Å². The van der Waals surface area contributed by atoms with Crippen LogP contribution >= 0.6 is 0 Å². The Kier molecular flexibility index (Phi) is 5.07. The molecule has 0 bridgehead atoms. The molecule has 0 aliphatic carbocycles. The molecular formula is C14H21F3N2O. The summed E-state index contributed by atoms with van der Waals surface area (Å²) in [4.78, 5) is 0. The van der Waals surface area contributed by atoms with Crippen molar-refractivity contribution in [1.82, 2.24) is 5.01 Å². The molecule has 2 heterocycles. The van der Waals surface area contributed by atoms with Gasteiger partial charge in [0.25, 0.3) is 0 Å². The summed E-state index contributed by atoms with van der Waals surface area (Å²) in [5, 5.41) is 5.20. The lowest BCUT2D eigenvalue weighted by Gasteiger charge is -2.38. The van der Waals surface area contributed by atoms with Crippen molar-refractivity contribution in [1.29, 1.82) is 0 Å². The van der Waals surface area contributed by atoms with Crippen LogP contribution in [0.25, 0.3) is 0 Å². The molecule has 0 radical (unpaired) electrons. The third kappa shape index (κ3) is 3.98. The minimum absolute atomic E-state index is 0.0414. The molecular weight excluding hydrogens is 269 g/mol. The van der Waals surface area contributed by atoms with Crippen LogP contribution in [0.15, 0.2) is 17.3 Å². The van der Waals surface area contributed by atoms with Crippen molar-refractivity contribution in [3.05, 3.63) is 12.2 Å². The van der Waals surface area contributed by atoms with Gasteiger partial charge in [-0.05, 0) is 38.5 Å². The maximum absolute atomic E-state index is 13.3. The van der Waals surface area contributed by atoms with Gasteiger partial charge in [0, 0.05) is 19.2 Å². The second-order valence-corrected chi connectivity index (χ2v) is 5.40. The van der Waals surface area contributed by atoms with Gasteiger partial charge in [-0.25, -0.2) is 0 Å². The van der Waals surface area contributed by atoms with E-state index in [4.69, 9.17) is 4.74 Å². The van der Waals surface area contributed by atoms with Gasteiger partial charge < -0.3 is 4.74 Å². The topological polar surface area (TPSA) is 24.8 Å². The van der Waals surface area contributed by atoms with E-state index in [1.807, 2.05) is 0 Å². The largest absolute Gasteiger partial charge is 0.410 e. The number of allylic oxidation sites excluding steroid dienone is 1. The first kappa shape index (κ1) is 15.4. The van der Waals surface area contributed by atoms with E-state index in [1.54, 1.807) is 0 Å². The molecule has 2 aliphatic heterocycles. The molecule has 0 amide bonds. The molecule has 0 saturated carbocycles. The third-order valence-electron chi connectivity index (χ3n) is 3.75. The normalized spacial score (nSPS) is 31.4. The summed E-state index contributed by atoms with van der Waals surface area (Å²) >= 11 is 0. The fraction of sp³-hybridized carbons (Fsp3) is 0.786. The lowest BCUT2D eigenvalue weighted by molar-refractivity contribution is -0.219. The van der Waals surface area contributed by atoms with Gasteiger partial charge in [0.1, 0.15) is 12.3 Å². The summed E-state index contributed by atoms with van der Waals surface area (Å²) in [6.45, 7) is 4.37. The first-order chi connectivity index (χ1) is 9.48. The van der Waals surface area contributed by atoms with Crippen LogP contribution in [0.2, 0.25) is 0 Å². The number of nitrogens with zero attached hydrogens (tertiary/aromatic N) is 2. The Morgan fingerprint density at radius 1 is 1.25 bits per heavy atom. The van der Waals surface area contributed by atoms with Crippen molar-refractivity contribution in [3.63, 3.8) is 0 Å². The number of hydrogen-bond donors (Lipinski definition) is 0. The van der Waals surface area contributed by atoms with Crippen LogP contribution in [0, 0.1) is 0 Å². The molecule has 2 unspecified atom stereocenters. The monoisotopic (exact) mass is 290 g/mol. The lowest BCUT2D eigenvalue weighted by atomic mass is 10.0. The first-order valence-electron chi connectivity index (χ1n) is 7.14. The third-order valence-corrected chi connectivity index (χ3v) is 3.75. The molecule has 1 saturated heterocycles. The molecule has 0 N–H and O–H groups in total. The van der Waals surface area contributed by atoms with Crippen molar-refractivity contribution in [2.45, 2.75) is 63.4 Å². The predicted molar refractivity (Wildman–Crippen MR) is 71.4 cm³/mol. The number of ether oxygens (including phenoxy) is 1. The lowest BCUT2D eigenvalue weighted by Crippen LogP contribution is -2.49. The molecule has 0 aromatic carbocycles.